The van der Waals surface area contributed by atoms with Gasteiger partial charge in [0.25, 0.3) is 0 Å². The summed E-state index contributed by atoms with van der Waals surface area (Å²) >= 11 is 7.93. The lowest BCUT2D eigenvalue weighted by atomic mass is 10.0. The van der Waals surface area contributed by atoms with E-state index in [2.05, 4.69) is 32.6 Å². The molecule has 2 unspecified atom stereocenters. The predicted molar refractivity (Wildman–Crippen MR) is 88.6 cm³/mol. The fourth-order valence-corrected chi connectivity index (χ4v) is 2.47. The van der Waals surface area contributed by atoms with Crippen molar-refractivity contribution in [2.75, 3.05) is 6.61 Å². The third-order valence-electron chi connectivity index (χ3n) is 3.52. The van der Waals surface area contributed by atoms with Crippen LogP contribution in [0.5, 0.6) is 5.88 Å². The van der Waals surface area contributed by atoms with Gasteiger partial charge in [0, 0.05) is 12.8 Å². The molecule has 118 valence electrons. The zero-order chi connectivity index (χ0) is 15.5. The van der Waals surface area contributed by atoms with Crippen molar-refractivity contribution >= 4 is 34.2 Å². The largest absolute Gasteiger partial charge is 0.471 e. The second kappa shape index (κ2) is 7.39. The fourth-order valence-electron chi connectivity index (χ4n) is 1.96. The van der Waals surface area contributed by atoms with E-state index in [4.69, 9.17) is 25.8 Å². The Morgan fingerprint density at radius 1 is 1.48 bits per heavy atom. The summed E-state index contributed by atoms with van der Waals surface area (Å²) in [4.78, 5) is 8.03. The van der Waals surface area contributed by atoms with Crippen LogP contribution in [-0.4, -0.2) is 34.6 Å². The lowest BCUT2D eigenvalue weighted by Crippen LogP contribution is -2.45. The third-order valence-corrected chi connectivity index (χ3v) is 4.45. The zero-order valence-electron chi connectivity index (χ0n) is 12.4. The maximum atomic E-state index is 6.06. The Labute approximate surface area is 143 Å². The molecule has 1 aliphatic rings. The van der Waals surface area contributed by atoms with E-state index in [1.165, 1.54) is 0 Å². The van der Waals surface area contributed by atoms with Crippen molar-refractivity contribution in [3.63, 3.8) is 0 Å². The Morgan fingerprint density at radius 2 is 2.24 bits per heavy atom. The minimum atomic E-state index is -0.498. The molecule has 2 heterocycles. The molecule has 5 nitrogen and oxygen atoms in total. The molecule has 0 aromatic carbocycles. The second-order valence-electron chi connectivity index (χ2n) is 5.57. The standard InChI is InChI=1S/C14H20ClIN2O3/c1-9(20-12-10(16)8-17-13(15)18-12)14(2,3)21-11-6-4-5-7-19-11/h8-9,11H,4-7H2,1-3H3. The summed E-state index contributed by atoms with van der Waals surface area (Å²) in [5.41, 5.74) is -0.498. The van der Waals surface area contributed by atoms with E-state index in [0.29, 0.717) is 5.88 Å². The van der Waals surface area contributed by atoms with E-state index in [0.717, 1.165) is 29.4 Å². The van der Waals surface area contributed by atoms with Gasteiger partial charge in [-0.2, -0.15) is 4.98 Å². The number of rotatable bonds is 5. The first-order chi connectivity index (χ1) is 9.88. The van der Waals surface area contributed by atoms with E-state index in [-0.39, 0.29) is 17.7 Å². The number of hydrogen-bond acceptors (Lipinski definition) is 5. The van der Waals surface area contributed by atoms with Crippen LogP contribution < -0.4 is 4.74 Å². The van der Waals surface area contributed by atoms with Crippen LogP contribution in [0.25, 0.3) is 0 Å². The fraction of sp³-hybridized carbons (Fsp3) is 0.714. The summed E-state index contributed by atoms with van der Waals surface area (Å²) in [6.45, 7) is 6.70. The highest BCUT2D eigenvalue weighted by molar-refractivity contribution is 14.1. The second-order valence-corrected chi connectivity index (χ2v) is 7.07. The van der Waals surface area contributed by atoms with Crippen molar-refractivity contribution in [2.24, 2.45) is 0 Å². The van der Waals surface area contributed by atoms with Gasteiger partial charge in [-0.1, -0.05) is 0 Å². The van der Waals surface area contributed by atoms with Crippen molar-refractivity contribution in [1.82, 2.24) is 9.97 Å². The molecule has 7 heteroatoms. The van der Waals surface area contributed by atoms with Crippen LogP contribution in [0.15, 0.2) is 6.20 Å². The van der Waals surface area contributed by atoms with Crippen LogP contribution in [0, 0.1) is 3.57 Å². The molecule has 0 radical (unpaired) electrons. The monoisotopic (exact) mass is 426 g/mol. The average molecular weight is 427 g/mol. The molecule has 2 rings (SSSR count). The minimum Gasteiger partial charge on any atom is -0.471 e. The van der Waals surface area contributed by atoms with Crippen LogP contribution in [0.2, 0.25) is 5.28 Å². The molecule has 0 N–H and O–H groups in total. The molecular weight excluding hydrogens is 407 g/mol. The van der Waals surface area contributed by atoms with E-state index in [9.17, 15) is 0 Å². The van der Waals surface area contributed by atoms with Crippen molar-refractivity contribution in [3.05, 3.63) is 15.1 Å². The van der Waals surface area contributed by atoms with Gasteiger partial charge in [0.05, 0.1) is 3.57 Å². The maximum absolute atomic E-state index is 6.06. The Kier molecular flexibility index (Phi) is 6.05. The molecule has 1 aromatic rings. The summed E-state index contributed by atoms with van der Waals surface area (Å²) in [5.74, 6) is 0.476. The van der Waals surface area contributed by atoms with Crippen molar-refractivity contribution in [2.45, 2.75) is 58.0 Å². The average Bonchev–Trinajstić information content (AvgIpc) is 2.43. The molecule has 1 aliphatic heterocycles. The molecule has 0 amide bonds. The van der Waals surface area contributed by atoms with Crippen LogP contribution in [0.4, 0.5) is 0 Å². The normalized spacial score (nSPS) is 21.1. The summed E-state index contributed by atoms with van der Waals surface area (Å²) in [6.07, 6.45) is 4.43. The topological polar surface area (TPSA) is 53.5 Å². The molecule has 2 atom stereocenters. The van der Waals surface area contributed by atoms with Crippen LogP contribution in [0.3, 0.4) is 0 Å². The Morgan fingerprint density at radius 3 is 2.90 bits per heavy atom. The van der Waals surface area contributed by atoms with Gasteiger partial charge in [-0.3, -0.25) is 0 Å². The Hall–Kier alpha value is -0.180. The summed E-state index contributed by atoms with van der Waals surface area (Å²) in [5, 5.41) is 0.173. The first-order valence-corrected chi connectivity index (χ1v) is 8.48. The highest BCUT2D eigenvalue weighted by Crippen LogP contribution is 2.27. The first-order valence-electron chi connectivity index (χ1n) is 7.02. The van der Waals surface area contributed by atoms with Crippen molar-refractivity contribution in [1.29, 1.82) is 0 Å². The van der Waals surface area contributed by atoms with Gasteiger partial charge in [-0.25, -0.2) is 4.98 Å². The first kappa shape index (κ1) is 17.2. The number of hydrogen-bond donors (Lipinski definition) is 0. The van der Waals surface area contributed by atoms with Crippen LogP contribution >= 0.6 is 34.2 Å². The van der Waals surface area contributed by atoms with Crippen molar-refractivity contribution < 1.29 is 14.2 Å². The number of ether oxygens (including phenoxy) is 3. The molecule has 21 heavy (non-hydrogen) atoms. The summed E-state index contributed by atoms with van der Waals surface area (Å²) < 4.78 is 18.4. The van der Waals surface area contributed by atoms with Gasteiger partial charge in [0.1, 0.15) is 11.7 Å². The molecule has 0 bridgehead atoms. The molecule has 0 spiro atoms. The van der Waals surface area contributed by atoms with E-state index in [1.807, 2.05) is 20.8 Å². The Balaban J connectivity index is 1.99. The minimum absolute atomic E-state index is 0.159. The highest BCUT2D eigenvalue weighted by Gasteiger charge is 2.33. The van der Waals surface area contributed by atoms with Gasteiger partial charge in [-0.05, 0) is 74.2 Å². The van der Waals surface area contributed by atoms with E-state index >= 15 is 0 Å². The zero-order valence-corrected chi connectivity index (χ0v) is 15.3. The molecule has 1 aromatic heterocycles. The van der Waals surface area contributed by atoms with Crippen molar-refractivity contribution in [3.8, 4) is 5.88 Å². The SMILES string of the molecule is CC(Oc1nc(Cl)ncc1I)C(C)(C)OC1CCCCO1. The lowest BCUT2D eigenvalue weighted by molar-refractivity contribution is -0.233. The van der Waals surface area contributed by atoms with E-state index in [1.54, 1.807) is 6.20 Å². The number of aromatic nitrogens is 2. The molecule has 0 aliphatic carbocycles. The number of halogens is 2. The maximum Gasteiger partial charge on any atom is 0.231 e. The molecule has 1 saturated heterocycles. The summed E-state index contributed by atoms with van der Waals surface area (Å²) in [7, 11) is 0. The predicted octanol–water partition coefficient (Wildman–Crippen LogP) is 3.82. The van der Waals surface area contributed by atoms with Gasteiger partial charge < -0.3 is 14.2 Å². The van der Waals surface area contributed by atoms with Crippen LogP contribution in [0.1, 0.15) is 40.0 Å². The lowest BCUT2D eigenvalue weighted by Gasteiger charge is -2.36. The number of nitrogens with zero attached hydrogens (tertiary/aromatic N) is 2. The highest BCUT2D eigenvalue weighted by atomic mass is 127. The van der Waals surface area contributed by atoms with E-state index < -0.39 is 5.60 Å². The van der Waals surface area contributed by atoms with Gasteiger partial charge in [0.2, 0.25) is 11.2 Å². The molecular formula is C14H20ClIN2O3. The van der Waals surface area contributed by atoms with Gasteiger partial charge in [0.15, 0.2) is 6.29 Å². The molecule has 1 fully saturated rings. The van der Waals surface area contributed by atoms with Crippen LogP contribution in [-0.2, 0) is 9.47 Å². The molecule has 0 saturated carbocycles. The Bertz CT molecular complexity index is 481. The summed E-state index contributed by atoms with van der Waals surface area (Å²) in [6, 6.07) is 0. The third kappa shape index (κ3) is 4.91. The smallest absolute Gasteiger partial charge is 0.231 e. The quantitative estimate of drug-likeness (QED) is 0.529. The van der Waals surface area contributed by atoms with Gasteiger partial charge in [-0.15, -0.1) is 0 Å². The van der Waals surface area contributed by atoms with Gasteiger partial charge >= 0.3 is 0 Å².